The van der Waals surface area contributed by atoms with Crippen molar-refractivity contribution in [1.29, 1.82) is 0 Å². The molecule has 0 saturated carbocycles. The van der Waals surface area contributed by atoms with Gasteiger partial charge in [-0.2, -0.15) is 0 Å². The average Bonchev–Trinajstić information content (AvgIpc) is 3.49. The molecule has 0 unspecified atom stereocenters. The Kier molecular flexibility index (Phi) is 7.04. The molecule has 2 aromatic heterocycles. The zero-order valence-corrected chi connectivity index (χ0v) is 23.3. The maximum atomic E-state index is 12.1. The summed E-state index contributed by atoms with van der Waals surface area (Å²) in [4.78, 5) is 6.60. The summed E-state index contributed by atoms with van der Waals surface area (Å²) >= 11 is 12.2. The van der Waals surface area contributed by atoms with E-state index in [1.165, 1.54) is 7.11 Å². The molecule has 2 aromatic carbocycles. The molecule has 8 nitrogen and oxygen atoms in total. The predicted octanol–water partition coefficient (Wildman–Crippen LogP) is 5.39. The van der Waals surface area contributed by atoms with Crippen LogP contribution in [0.4, 0.5) is 11.4 Å². The standard InChI is InChI=1S/C27H26ClN5O3S2/c1-17-15-18(9-11-20(17)28)32-14-6-8-23(32)26-25(21-7-4-5-13-29-21)30-27(37)33(26)19-10-12-24(36-2)22(16-19)31-38(3,34)35/h4-16,25-26,31H,1-3H3,(H,30,37)/t25-,26-/m1/s1. The summed E-state index contributed by atoms with van der Waals surface area (Å²) in [5, 5.41) is 4.63. The fourth-order valence-corrected chi connectivity index (χ4v) is 5.73. The van der Waals surface area contributed by atoms with Gasteiger partial charge in [0.1, 0.15) is 11.8 Å². The first kappa shape index (κ1) is 26.0. The molecular formula is C27H26ClN5O3S2. The van der Waals surface area contributed by atoms with Crippen molar-refractivity contribution in [3.8, 4) is 11.4 Å². The van der Waals surface area contributed by atoms with Crippen LogP contribution in [0.25, 0.3) is 5.69 Å². The van der Waals surface area contributed by atoms with Gasteiger partial charge in [-0.05, 0) is 85.4 Å². The number of aryl methyl sites for hydroxylation is 1. The first-order valence-corrected chi connectivity index (χ1v) is 14.4. The topological polar surface area (TPSA) is 88.5 Å². The molecule has 0 bridgehead atoms. The fourth-order valence-electron chi connectivity index (χ4n) is 4.71. The van der Waals surface area contributed by atoms with E-state index in [9.17, 15) is 8.42 Å². The van der Waals surface area contributed by atoms with E-state index >= 15 is 0 Å². The Hall–Kier alpha value is -3.60. The van der Waals surface area contributed by atoms with Gasteiger partial charge in [0.05, 0.1) is 30.8 Å². The summed E-state index contributed by atoms with van der Waals surface area (Å²) in [6.07, 6.45) is 4.85. The number of benzene rings is 2. The first-order valence-electron chi connectivity index (χ1n) is 11.8. The number of hydrogen-bond acceptors (Lipinski definition) is 5. The minimum atomic E-state index is -3.55. The molecule has 2 atom stereocenters. The van der Waals surface area contributed by atoms with E-state index in [1.807, 2.05) is 72.6 Å². The first-order chi connectivity index (χ1) is 18.2. The summed E-state index contributed by atoms with van der Waals surface area (Å²) in [5.74, 6) is 0.398. The van der Waals surface area contributed by atoms with E-state index < -0.39 is 10.0 Å². The normalized spacial score (nSPS) is 17.4. The van der Waals surface area contributed by atoms with Crippen molar-refractivity contribution in [2.24, 2.45) is 0 Å². The quantitative estimate of drug-likeness (QED) is 0.289. The maximum Gasteiger partial charge on any atom is 0.229 e. The number of hydrogen-bond donors (Lipinski definition) is 2. The highest BCUT2D eigenvalue weighted by molar-refractivity contribution is 7.92. The van der Waals surface area contributed by atoms with Crippen LogP contribution < -0.4 is 19.7 Å². The molecule has 1 fully saturated rings. The van der Waals surface area contributed by atoms with Crippen molar-refractivity contribution in [2.45, 2.75) is 19.0 Å². The minimum Gasteiger partial charge on any atom is -0.495 e. The van der Waals surface area contributed by atoms with Gasteiger partial charge in [-0.15, -0.1) is 0 Å². The lowest BCUT2D eigenvalue weighted by Gasteiger charge is -2.29. The zero-order chi connectivity index (χ0) is 27.0. The van der Waals surface area contributed by atoms with Crippen LogP contribution in [0.3, 0.4) is 0 Å². The maximum absolute atomic E-state index is 12.1. The van der Waals surface area contributed by atoms with E-state index in [0.717, 1.165) is 28.9 Å². The summed E-state index contributed by atoms with van der Waals surface area (Å²) in [6, 6.07) is 20.4. The molecule has 1 aliphatic heterocycles. The molecule has 11 heteroatoms. The smallest absolute Gasteiger partial charge is 0.229 e. The van der Waals surface area contributed by atoms with E-state index in [2.05, 4.69) is 19.6 Å². The zero-order valence-electron chi connectivity index (χ0n) is 20.9. The molecule has 2 N–H and O–H groups in total. The number of aromatic nitrogens is 2. The van der Waals surface area contributed by atoms with Crippen LogP contribution in [0.5, 0.6) is 5.75 Å². The lowest BCUT2D eigenvalue weighted by molar-refractivity contribution is 0.417. The number of anilines is 2. The average molecular weight is 568 g/mol. The molecular weight excluding hydrogens is 542 g/mol. The lowest BCUT2D eigenvalue weighted by atomic mass is 10.0. The SMILES string of the molecule is COc1ccc(N2C(=S)N[C@H](c3ccccn3)[C@H]2c2cccn2-c2ccc(Cl)c(C)c2)cc1NS(C)(=O)=O. The van der Waals surface area contributed by atoms with Gasteiger partial charge in [0, 0.05) is 34.5 Å². The van der Waals surface area contributed by atoms with Crippen LogP contribution in [-0.4, -0.2) is 36.4 Å². The van der Waals surface area contributed by atoms with Crippen molar-refractivity contribution >= 4 is 50.3 Å². The van der Waals surface area contributed by atoms with Crippen LogP contribution >= 0.6 is 23.8 Å². The van der Waals surface area contributed by atoms with Crippen molar-refractivity contribution in [2.75, 3.05) is 23.0 Å². The van der Waals surface area contributed by atoms with E-state index in [0.29, 0.717) is 27.3 Å². The number of halogens is 1. The molecule has 0 amide bonds. The van der Waals surface area contributed by atoms with Crippen LogP contribution in [0.2, 0.25) is 5.02 Å². The number of pyridine rings is 1. The summed E-state index contributed by atoms with van der Waals surface area (Å²) in [6.45, 7) is 1.97. The summed E-state index contributed by atoms with van der Waals surface area (Å²) in [5.41, 5.74) is 4.72. The molecule has 3 heterocycles. The molecule has 196 valence electrons. The molecule has 1 aliphatic rings. The molecule has 1 saturated heterocycles. The van der Waals surface area contributed by atoms with E-state index in [1.54, 1.807) is 18.3 Å². The van der Waals surface area contributed by atoms with E-state index in [4.69, 9.17) is 28.6 Å². The largest absolute Gasteiger partial charge is 0.495 e. The van der Waals surface area contributed by atoms with Crippen LogP contribution in [0, 0.1) is 6.92 Å². The highest BCUT2D eigenvalue weighted by Gasteiger charge is 2.42. The molecule has 0 radical (unpaired) electrons. The number of thiocarbonyl (C=S) groups is 1. The summed E-state index contributed by atoms with van der Waals surface area (Å²) in [7, 11) is -2.05. The van der Waals surface area contributed by atoms with Crippen molar-refractivity contribution in [3.63, 3.8) is 0 Å². The number of rotatable bonds is 7. The van der Waals surface area contributed by atoms with Gasteiger partial charge in [-0.3, -0.25) is 9.71 Å². The van der Waals surface area contributed by atoms with Crippen LogP contribution in [-0.2, 0) is 10.0 Å². The number of sulfonamides is 1. The van der Waals surface area contributed by atoms with Gasteiger partial charge in [-0.25, -0.2) is 8.42 Å². The Balaban J connectivity index is 1.67. The van der Waals surface area contributed by atoms with Crippen LogP contribution in [0.1, 0.15) is 29.0 Å². The predicted molar refractivity (Wildman–Crippen MR) is 155 cm³/mol. The second kappa shape index (κ2) is 10.3. The Morgan fingerprint density at radius 1 is 1.08 bits per heavy atom. The fraction of sp³-hybridized carbons (Fsp3) is 0.185. The molecule has 4 aromatic rings. The van der Waals surface area contributed by atoms with Gasteiger partial charge in [0.15, 0.2) is 5.11 Å². The lowest BCUT2D eigenvalue weighted by Crippen LogP contribution is -2.30. The van der Waals surface area contributed by atoms with Crippen molar-refractivity contribution in [3.05, 3.63) is 101 Å². The minimum absolute atomic E-state index is 0.279. The second-order valence-corrected chi connectivity index (χ2v) is 11.5. The Labute approximate surface area is 232 Å². The van der Waals surface area contributed by atoms with E-state index in [-0.39, 0.29) is 12.1 Å². The van der Waals surface area contributed by atoms with Gasteiger partial charge < -0.3 is 19.5 Å². The molecule has 0 spiro atoms. The van der Waals surface area contributed by atoms with Crippen LogP contribution in [0.15, 0.2) is 79.1 Å². The monoisotopic (exact) mass is 567 g/mol. The summed E-state index contributed by atoms with van der Waals surface area (Å²) < 4.78 is 34.2. The highest BCUT2D eigenvalue weighted by atomic mass is 35.5. The Morgan fingerprint density at radius 3 is 2.55 bits per heavy atom. The third kappa shape index (κ3) is 5.07. The Morgan fingerprint density at radius 2 is 1.87 bits per heavy atom. The third-order valence-corrected chi connectivity index (χ3v) is 7.69. The molecule has 0 aliphatic carbocycles. The van der Waals surface area contributed by atoms with Gasteiger partial charge >= 0.3 is 0 Å². The molecule has 38 heavy (non-hydrogen) atoms. The highest BCUT2D eigenvalue weighted by Crippen LogP contribution is 2.44. The number of ether oxygens (including phenoxy) is 1. The van der Waals surface area contributed by atoms with Gasteiger partial charge in [-0.1, -0.05) is 17.7 Å². The number of methoxy groups -OCH3 is 1. The second-order valence-electron chi connectivity index (χ2n) is 8.99. The number of nitrogens with zero attached hydrogens (tertiary/aromatic N) is 3. The van der Waals surface area contributed by atoms with Gasteiger partial charge in [0.2, 0.25) is 10.0 Å². The third-order valence-electron chi connectivity index (χ3n) is 6.36. The number of nitrogens with one attached hydrogen (secondary N) is 2. The molecule has 5 rings (SSSR count). The van der Waals surface area contributed by atoms with Crippen molar-refractivity contribution < 1.29 is 13.2 Å². The van der Waals surface area contributed by atoms with Gasteiger partial charge in [0.25, 0.3) is 0 Å². The van der Waals surface area contributed by atoms with Crippen molar-refractivity contribution in [1.82, 2.24) is 14.9 Å². The Bertz CT molecular complexity index is 1610.